The summed E-state index contributed by atoms with van der Waals surface area (Å²) in [6, 6.07) is 26.2. The fraction of sp³-hybridized carbons (Fsp3) is 0.448. The fourth-order valence-corrected chi connectivity index (χ4v) is 7.83. The van der Waals surface area contributed by atoms with Crippen LogP contribution < -0.4 is 0 Å². The molecule has 36 heavy (non-hydrogen) atoms. The van der Waals surface area contributed by atoms with Crippen molar-refractivity contribution in [2.75, 3.05) is 26.4 Å². The van der Waals surface area contributed by atoms with Crippen LogP contribution in [0.3, 0.4) is 0 Å². The Morgan fingerprint density at radius 3 is 1.94 bits per heavy atom. The smallest absolute Gasteiger partial charge is 0.135 e. The van der Waals surface area contributed by atoms with Gasteiger partial charge in [0.15, 0.2) is 0 Å². The molecule has 2 saturated heterocycles. The Morgan fingerprint density at radius 2 is 1.36 bits per heavy atom. The number of nitriles is 2. The number of benzene rings is 2. The third-order valence-electron chi connectivity index (χ3n) is 8.90. The molecule has 3 aliphatic heterocycles. The van der Waals surface area contributed by atoms with E-state index < -0.39 is 16.2 Å². The van der Waals surface area contributed by atoms with Gasteiger partial charge in [0.1, 0.15) is 21.7 Å². The Kier molecular flexibility index (Phi) is 5.68. The summed E-state index contributed by atoms with van der Waals surface area (Å²) >= 11 is 6.22. The van der Waals surface area contributed by atoms with Crippen molar-refractivity contribution in [3.8, 4) is 12.1 Å². The van der Waals surface area contributed by atoms with Crippen LogP contribution in [0, 0.1) is 38.9 Å². The standard InChI is InChI=1S/C29H30N6S/c30-17-27-19-33(15-23-9-3-1-4-10-23)20-28(18-31,29(27)13-7-8-14-29)26(36)35-22-34(21-32-25(27)35)16-24-11-5-2-6-12-24/h1-6,9-12H,7-8,13-16,19-22H2/t27-,28+/m0/s1. The summed E-state index contributed by atoms with van der Waals surface area (Å²) in [6.45, 7) is 3.68. The van der Waals surface area contributed by atoms with Crippen molar-refractivity contribution in [2.45, 2.75) is 38.8 Å². The summed E-state index contributed by atoms with van der Waals surface area (Å²) in [6.07, 6.45) is 3.77. The second-order valence-electron chi connectivity index (χ2n) is 10.8. The lowest BCUT2D eigenvalue weighted by molar-refractivity contribution is -0.0604. The van der Waals surface area contributed by atoms with Gasteiger partial charge >= 0.3 is 0 Å². The first-order chi connectivity index (χ1) is 17.6. The van der Waals surface area contributed by atoms with E-state index in [9.17, 15) is 10.5 Å². The Bertz CT molecular complexity index is 1270. The van der Waals surface area contributed by atoms with E-state index in [0.717, 1.165) is 38.1 Å². The van der Waals surface area contributed by atoms with E-state index in [1.54, 1.807) is 0 Å². The molecule has 6 nitrogen and oxygen atoms in total. The molecule has 6 rings (SSSR count). The minimum absolute atomic E-state index is 0.481. The van der Waals surface area contributed by atoms with Crippen molar-refractivity contribution in [3.63, 3.8) is 0 Å². The van der Waals surface area contributed by atoms with Crippen LogP contribution in [0.1, 0.15) is 36.8 Å². The van der Waals surface area contributed by atoms with Gasteiger partial charge in [0.2, 0.25) is 0 Å². The monoisotopic (exact) mass is 494 g/mol. The molecule has 1 spiro atoms. The molecule has 3 fully saturated rings. The number of rotatable bonds is 4. The van der Waals surface area contributed by atoms with E-state index in [4.69, 9.17) is 17.2 Å². The Hall–Kier alpha value is -3.10. The van der Waals surface area contributed by atoms with E-state index in [1.807, 2.05) is 36.4 Å². The largest absolute Gasteiger partial charge is 0.308 e. The van der Waals surface area contributed by atoms with Gasteiger partial charge < -0.3 is 4.90 Å². The molecule has 3 heterocycles. The highest BCUT2D eigenvalue weighted by Gasteiger charge is 2.76. The molecule has 0 amide bonds. The maximum Gasteiger partial charge on any atom is 0.135 e. The Balaban J connectivity index is 1.43. The van der Waals surface area contributed by atoms with Crippen molar-refractivity contribution in [1.82, 2.24) is 14.7 Å². The van der Waals surface area contributed by atoms with Crippen LogP contribution in [0.5, 0.6) is 0 Å². The molecule has 2 atom stereocenters. The Morgan fingerprint density at radius 1 is 0.806 bits per heavy atom. The number of thiocarbonyl (C=S) groups is 1. The third kappa shape index (κ3) is 3.20. The van der Waals surface area contributed by atoms with E-state index >= 15 is 0 Å². The van der Waals surface area contributed by atoms with Crippen LogP contribution in [0.2, 0.25) is 0 Å². The number of likely N-dealkylation sites (tertiary alicyclic amines) is 1. The summed E-state index contributed by atoms with van der Waals surface area (Å²) < 4.78 is 0. The fourth-order valence-electron chi connectivity index (χ4n) is 7.38. The molecule has 7 heteroatoms. The quantitative estimate of drug-likeness (QED) is 0.581. The molecular formula is C29H30N6S. The summed E-state index contributed by atoms with van der Waals surface area (Å²) in [4.78, 5) is 12.3. The number of nitrogens with zero attached hydrogens (tertiary/aromatic N) is 6. The second kappa shape index (κ2) is 8.78. The van der Waals surface area contributed by atoms with Gasteiger partial charge in [0, 0.05) is 31.6 Å². The molecule has 2 aromatic rings. The van der Waals surface area contributed by atoms with E-state index in [2.05, 4.69) is 51.1 Å². The zero-order valence-electron chi connectivity index (χ0n) is 20.4. The van der Waals surface area contributed by atoms with Crippen molar-refractivity contribution < 1.29 is 0 Å². The lowest BCUT2D eigenvalue weighted by Crippen LogP contribution is -2.78. The molecule has 0 unspecified atom stereocenters. The van der Waals surface area contributed by atoms with Crippen LogP contribution in [0.25, 0.3) is 0 Å². The minimum atomic E-state index is -0.892. The zero-order chi connectivity index (χ0) is 24.8. The molecule has 0 radical (unpaired) electrons. The predicted octanol–water partition coefficient (Wildman–Crippen LogP) is 4.55. The highest BCUT2D eigenvalue weighted by atomic mass is 32.1. The number of piperidine rings is 2. The average Bonchev–Trinajstić information content (AvgIpc) is 3.41. The maximum atomic E-state index is 11.0. The number of hydrogen-bond acceptors (Lipinski definition) is 6. The molecule has 0 aromatic heterocycles. The first-order valence-electron chi connectivity index (χ1n) is 12.8. The first-order valence-corrected chi connectivity index (χ1v) is 13.2. The number of amidine groups is 1. The summed E-state index contributed by atoms with van der Waals surface area (Å²) in [5.41, 5.74) is 0.168. The van der Waals surface area contributed by atoms with Gasteiger partial charge in [-0.2, -0.15) is 10.5 Å². The molecule has 0 N–H and O–H groups in total. The van der Waals surface area contributed by atoms with E-state index in [1.165, 1.54) is 11.1 Å². The lowest BCUT2D eigenvalue weighted by Gasteiger charge is -2.66. The molecule has 1 saturated carbocycles. The summed E-state index contributed by atoms with van der Waals surface area (Å²) in [7, 11) is 0. The lowest BCUT2D eigenvalue weighted by atomic mass is 9.45. The molecule has 4 aliphatic rings. The van der Waals surface area contributed by atoms with Gasteiger partial charge in [-0.15, -0.1) is 0 Å². The van der Waals surface area contributed by atoms with Crippen LogP contribution in [0.4, 0.5) is 0 Å². The van der Waals surface area contributed by atoms with Gasteiger partial charge in [-0.25, -0.2) is 0 Å². The normalized spacial score (nSPS) is 29.3. The van der Waals surface area contributed by atoms with Crippen LogP contribution in [-0.2, 0) is 13.1 Å². The average molecular weight is 495 g/mol. The van der Waals surface area contributed by atoms with Crippen molar-refractivity contribution in [1.29, 1.82) is 10.5 Å². The van der Waals surface area contributed by atoms with Gasteiger partial charge in [-0.05, 0) is 24.0 Å². The minimum Gasteiger partial charge on any atom is -0.308 e. The summed E-state index contributed by atoms with van der Waals surface area (Å²) in [5, 5.41) is 21.9. The van der Waals surface area contributed by atoms with Gasteiger partial charge in [0.25, 0.3) is 0 Å². The predicted molar refractivity (Wildman–Crippen MR) is 142 cm³/mol. The zero-order valence-corrected chi connectivity index (χ0v) is 21.3. The van der Waals surface area contributed by atoms with Gasteiger partial charge in [-0.1, -0.05) is 85.7 Å². The number of aliphatic imine (C=N–C) groups is 1. The first kappa shape index (κ1) is 23.3. The Labute approximate surface area is 218 Å². The molecular weight excluding hydrogens is 464 g/mol. The summed E-state index contributed by atoms with van der Waals surface area (Å²) in [5.74, 6) is 0.796. The van der Waals surface area contributed by atoms with Crippen LogP contribution >= 0.6 is 12.2 Å². The molecule has 182 valence electrons. The molecule has 2 aromatic carbocycles. The molecule has 1 aliphatic carbocycles. The molecule has 2 bridgehead atoms. The topological polar surface area (TPSA) is 69.7 Å². The maximum absolute atomic E-state index is 11.0. The van der Waals surface area contributed by atoms with E-state index in [0.29, 0.717) is 38.0 Å². The van der Waals surface area contributed by atoms with E-state index in [-0.39, 0.29) is 0 Å². The highest BCUT2D eigenvalue weighted by molar-refractivity contribution is 7.80. The van der Waals surface area contributed by atoms with Gasteiger partial charge in [0.05, 0.1) is 25.5 Å². The van der Waals surface area contributed by atoms with Crippen molar-refractivity contribution in [2.24, 2.45) is 21.2 Å². The van der Waals surface area contributed by atoms with Gasteiger partial charge in [-0.3, -0.25) is 14.8 Å². The van der Waals surface area contributed by atoms with Crippen molar-refractivity contribution >= 4 is 23.0 Å². The number of fused-ring (bicyclic) bond motifs is 2. The number of hydrogen-bond donors (Lipinski definition) is 0. The second-order valence-corrected chi connectivity index (χ2v) is 11.2. The SMILES string of the molecule is N#C[C@]12CN(Cc3ccccc3)C[C@](C#N)(C(=S)N3CN(Cc4ccccc4)CN=C31)C21CCCC1. The van der Waals surface area contributed by atoms with Crippen LogP contribution in [-0.4, -0.2) is 52.0 Å². The van der Waals surface area contributed by atoms with Crippen LogP contribution in [0.15, 0.2) is 65.7 Å². The highest BCUT2D eigenvalue weighted by Crippen LogP contribution is 2.68. The van der Waals surface area contributed by atoms with Crippen molar-refractivity contribution in [3.05, 3.63) is 71.8 Å². The third-order valence-corrected chi connectivity index (χ3v) is 9.47.